The van der Waals surface area contributed by atoms with Crippen molar-refractivity contribution in [1.29, 1.82) is 0 Å². The molecule has 1 aromatic carbocycles. The molecule has 0 bridgehead atoms. The normalized spacial score (nSPS) is 13.7. The van der Waals surface area contributed by atoms with Crippen LogP contribution in [-0.4, -0.2) is 9.78 Å². The molecular formula is C21H32N2O. The van der Waals surface area contributed by atoms with Gasteiger partial charge < -0.3 is 4.74 Å². The van der Waals surface area contributed by atoms with E-state index in [9.17, 15) is 0 Å². The van der Waals surface area contributed by atoms with E-state index in [1.807, 2.05) is 24.0 Å². The maximum atomic E-state index is 6.16. The average molecular weight is 328 g/mol. The summed E-state index contributed by atoms with van der Waals surface area (Å²) in [5, 5.41) is 4.50. The molecular weight excluding hydrogens is 296 g/mol. The van der Waals surface area contributed by atoms with Crippen LogP contribution in [0.2, 0.25) is 0 Å². The summed E-state index contributed by atoms with van der Waals surface area (Å²) in [5.74, 6) is 0.939. The minimum absolute atomic E-state index is 0.126. The van der Waals surface area contributed by atoms with Gasteiger partial charge in [0.25, 0.3) is 0 Å². The van der Waals surface area contributed by atoms with Crippen LogP contribution in [0.4, 0.5) is 0 Å². The molecule has 0 N–H and O–H groups in total. The van der Waals surface area contributed by atoms with Gasteiger partial charge in [-0.05, 0) is 18.4 Å². The van der Waals surface area contributed by atoms with Crippen molar-refractivity contribution in [2.24, 2.45) is 7.05 Å². The Labute approximate surface area is 147 Å². The van der Waals surface area contributed by atoms with E-state index in [2.05, 4.69) is 50.1 Å². The monoisotopic (exact) mass is 328 g/mol. The molecule has 0 aliphatic heterocycles. The quantitative estimate of drug-likeness (QED) is 0.528. The predicted octanol–water partition coefficient (Wildman–Crippen LogP) is 5.64. The maximum Gasteiger partial charge on any atom is 0.161 e. The Balaban J connectivity index is 2.18. The highest BCUT2D eigenvalue weighted by molar-refractivity contribution is 5.33. The minimum Gasteiger partial charge on any atom is -0.485 e. The van der Waals surface area contributed by atoms with Crippen molar-refractivity contribution in [2.75, 3.05) is 0 Å². The van der Waals surface area contributed by atoms with Crippen LogP contribution < -0.4 is 4.74 Å². The second-order valence-electron chi connectivity index (χ2n) is 7.02. The fraction of sp³-hybridized carbons (Fsp3) is 0.571. The Morgan fingerprint density at radius 3 is 2.46 bits per heavy atom. The third kappa shape index (κ3) is 4.62. The van der Waals surface area contributed by atoms with Gasteiger partial charge in [0, 0.05) is 12.5 Å². The number of rotatable bonds is 10. The van der Waals surface area contributed by atoms with Crippen molar-refractivity contribution in [2.45, 2.75) is 71.3 Å². The number of unbranched alkanes of at least 4 members (excludes halogenated alkanes) is 2. The molecule has 3 nitrogen and oxygen atoms in total. The largest absolute Gasteiger partial charge is 0.485 e. The second kappa shape index (κ2) is 8.91. The SMILES string of the molecule is CCCCCC(C)(CCC)c1c(OCc2ccccc2)cnn1C. The van der Waals surface area contributed by atoms with Crippen LogP contribution in [0.25, 0.3) is 0 Å². The second-order valence-corrected chi connectivity index (χ2v) is 7.02. The van der Waals surface area contributed by atoms with Gasteiger partial charge in [-0.15, -0.1) is 0 Å². The highest BCUT2D eigenvalue weighted by atomic mass is 16.5. The van der Waals surface area contributed by atoms with E-state index in [1.165, 1.54) is 43.4 Å². The summed E-state index contributed by atoms with van der Waals surface area (Å²) in [4.78, 5) is 0. The molecule has 0 saturated carbocycles. The van der Waals surface area contributed by atoms with Gasteiger partial charge in [0.05, 0.1) is 11.9 Å². The predicted molar refractivity (Wildman–Crippen MR) is 100 cm³/mol. The highest BCUT2D eigenvalue weighted by Gasteiger charge is 2.32. The van der Waals surface area contributed by atoms with E-state index in [0.717, 1.165) is 12.2 Å². The lowest BCUT2D eigenvalue weighted by Crippen LogP contribution is -2.26. The number of hydrogen-bond acceptors (Lipinski definition) is 2. The lowest BCUT2D eigenvalue weighted by Gasteiger charge is -2.30. The molecule has 0 radical (unpaired) electrons. The number of aryl methyl sites for hydroxylation is 1. The third-order valence-corrected chi connectivity index (χ3v) is 4.85. The van der Waals surface area contributed by atoms with Gasteiger partial charge in [-0.25, -0.2) is 0 Å². The van der Waals surface area contributed by atoms with Crippen LogP contribution in [0, 0.1) is 0 Å². The summed E-state index contributed by atoms with van der Waals surface area (Å²) >= 11 is 0. The van der Waals surface area contributed by atoms with Gasteiger partial charge in [0.15, 0.2) is 5.75 Å². The third-order valence-electron chi connectivity index (χ3n) is 4.85. The standard InChI is InChI=1S/C21H32N2O/c1-5-7-11-15-21(3,14-6-2)20-19(16-22-23(20)4)24-17-18-12-9-8-10-13-18/h8-10,12-13,16H,5-7,11,14-15,17H2,1-4H3. The number of aromatic nitrogens is 2. The van der Waals surface area contributed by atoms with E-state index >= 15 is 0 Å². The number of hydrogen-bond donors (Lipinski definition) is 0. The summed E-state index contributed by atoms with van der Waals surface area (Å²) in [5.41, 5.74) is 2.56. The summed E-state index contributed by atoms with van der Waals surface area (Å²) in [6.45, 7) is 7.49. The molecule has 2 rings (SSSR count). The first kappa shape index (κ1) is 18.6. The van der Waals surface area contributed by atoms with Crippen molar-refractivity contribution in [3.63, 3.8) is 0 Å². The number of benzene rings is 1. The smallest absolute Gasteiger partial charge is 0.161 e. The summed E-state index contributed by atoms with van der Waals surface area (Å²) in [7, 11) is 2.04. The molecule has 1 unspecified atom stereocenters. The van der Waals surface area contributed by atoms with Crippen LogP contribution in [0.3, 0.4) is 0 Å². The molecule has 0 amide bonds. The van der Waals surface area contributed by atoms with E-state index in [0.29, 0.717) is 6.61 Å². The molecule has 0 aliphatic rings. The summed E-state index contributed by atoms with van der Waals surface area (Å²) in [6, 6.07) is 10.3. The van der Waals surface area contributed by atoms with Crippen LogP contribution in [0.5, 0.6) is 5.75 Å². The van der Waals surface area contributed by atoms with E-state index in [1.54, 1.807) is 0 Å². The topological polar surface area (TPSA) is 27.1 Å². The molecule has 0 spiro atoms. The number of ether oxygens (including phenoxy) is 1. The Bertz CT molecular complexity index is 606. The van der Waals surface area contributed by atoms with Crippen LogP contribution in [-0.2, 0) is 19.1 Å². The van der Waals surface area contributed by atoms with Crippen molar-refractivity contribution in [1.82, 2.24) is 9.78 Å². The lowest BCUT2D eigenvalue weighted by molar-refractivity contribution is 0.280. The Morgan fingerprint density at radius 2 is 1.79 bits per heavy atom. The Hall–Kier alpha value is -1.77. The van der Waals surface area contributed by atoms with Crippen LogP contribution in [0.1, 0.15) is 70.6 Å². The fourth-order valence-corrected chi connectivity index (χ4v) is 3.63. The van der Waals surface area contributed by atoms with Gasteiger partial charge >= 0.3 is 0 Å². The first-order valence-electron chi connectivity index (χ1n) is 9.30. The highest BCUT2D eigenvalue weighted by Crippen LogP contribution is 2.39. The van der Waals surface area contributed by atoms with Gasteiger partial charge in [0.2, 0.25) is 0 Å². The van der Waals surface area contributed by atoms with Gasteiger partial charge in [-0.3, -0.25) is 4.68 Å². The fourth-order valence-electron chi connectivity index (χ4n) is 3.63. The van der Waals surface area contributed by atoms with E-state index < -0.39 is 0 Å². The maximum absolute atomic E-state index is 6.16. The molecule has 1 heterocycles. The Morgan fingerprint density at radius 1 is 1.04 bits per heavy atom. The molecule has 0 aliphatic carbocycles. The van der Waals surface area contributed by atoms with E-state index in [-0.39, 0.29) is 5.41 Å². The summed E-state index contributed by atoms with van der Waals surface area (Å²) < 4.78 is 8.18. The lowest BCUT2D eigenvalue weighted by atomic mass is 9.77. The molecule has 0 saturated heterocycles. The first-order chi connectivity index (χ1) is 11.6. The molecule has 1 aromatic heterocycles. The zero-order chi connectivity index (χ0) is 17.4. The average Bonchev–Trinajstić information content (AvgIpc) is 2.96. The van der Waals surface area contributed by atoms with E-state index in [4.69, 9.17) is 4.74 Å². The molecule has 1 atom stereocenters. The minimum atomic E-state index is 0.126. The zero-order valence-corrected chi connectivity index (χ0v) is 15.7. The van der Waals surface area contributed by atoms with Gasteiger partial charge in [-0.1, -0.05) is 76.8 Å². The molecule has 132 valence electrons. The zero-order valence-electron chi connectivity index (χ0n) is 15.7. The van der Waals surface area contributed by atoms with Crippen LogP contribution in [0.15, 0.2) is 36.5 Å². The first-order valence-corrected chi connectivity index (χ1v) is 9.30. The van der Waals surface area contributed by atoms with Crippen molar-refractivity contribution in [3.8, 4) is 5.75 Å². The molecule has 2 aromatic rings. The van der Waals surface area contributed by atoms with Crippen LogP contribution >= 0.6 is 0 Å². The summed E-state index contributed by atoms with van der Waals surface area (Å²) in [6.07, 6.45) is 9.21. The van der Waals surface area contributed by atoms with Crippen molar-refractivity contribution < 1.29 is 4.74 Å². The Kier molecular flexibility index (Phi) is 6.89. The van der Waals surface area contributed by atoms with Gasteiger partial charge in [0.1, 0.15) is 6.61 Å². The molecule has 24 heavy (non-hydrogen) atoms. The number of nitrogens with zero attached hydrogens (tertiary/aromatic N) is 2. The van der Waals surface area contributed by atoms with Crippen molar-refractivity contribution in [3.05, 3.63) is 47.8 Å². The molecule has 3 heteroatoms. The van der Waals surface area contributed by atoms with Gasteiger partial charge in [-0.2, -0.15) is 5.10 Å². The molecule has 0 fully saturated rings. The van der Waals surface area contributed by atoms with Crippen molar-refractivity contribution >= 4 is 0 Å².